The number of hydrogen-bond acceptors (Lipinski definition) is 3. The van der Waals surface area contributed by atoms with Crippen LogP contribution in [0, 0.1) is 0 Å². The van der Waals surface area contributed by atoms with Crippen molar-refractivity contribution in [3.05, 3.63) is 47.0 Å². The maximum atomic E-state index is 12.1. The summed E-state index contributed by atoms with van der Waals surface area (Å²) in [5, 5.41) is 0.883. The number of pyridine rings is 1. The fourth-order valence-corrected chi connectivity index (χ4v) is 2.46. The van der Waals surface area contributed by atoms with Crippen molar-refractivity contribution in [1.82, 2.24) is 9.55 Å². The third-order valence-corrected chi connectivity index (χ3v) is 3.56. The molecule has 0 spiro atoms. The molecule has 0 radical (unpaired) electrons. The molecule has 0 bridgehead atoms. The van der Waals surface area contributed by atoms with Gasteiger partial charge < -0.3 is 19.0 Å². The van der Waals surface area contributed by atoms with Gasteiger partial charge in [0, 0.05) is 36.5 Å². The van der Waals surface area contributed by atoms with Gasteiger partial charge in [0.25, 0.3) is 5.56 Å². The number of benzene rings is 1. The third-order valence-electron chi connectivity index (χ3n) is 3.56. The lowest BCUT2D eigenvalue weighted by Crippen LogP contribution is -2.16. The number of aryl methyl sites for hydroxylation is 1. The summed E-state index contributed by atoms with van der Waals surface area (Å²) in [6.07, 6.45) is 3.60. The highest BCUT2D eigenvalue weighted by Crippen LogP contribution is 2.32. The van der Waals surface area contributed by atoms with Crippen LogP contribution in [0.1, 0.15) is 0 Å². The zero-order chi connectivity index (χ0) is 15.0. The van der Waals surface area contributed by atoms with Gasteiger partial charge in [-0.15, -0.1) is 0 Å². The first-order chi connectivity index (χ1) is 10.1. The fourth-order valence-electron chi connectivity index (χ4n) is 2.46. The van der Waals surface area contributed by atoms with Gasteiger partial charge in [-0.05, 0) is 23.8 Å². The van der Waals surface area contributed by atoms with Crippen molar-refractivity contribution >= 4 is 10.9 Å². The summed E-state index contributed by atoms with van der Waals surface area (Å²) in [5.74, 6) is 1.42. The Morgan fingerprint density at radius 1 is 1.10 bits per heavy atom. The molecule has 0 atom stereocenters. The second-order valence-corrected chi connectivity index (χ2v) is 4.83. The van der Waals surface area contributed by atoms with Gasteiger partial charge in [-0.25, -0.2) is 0 Å². The molecule has 2 aromatic heterocycles. The third kappa shape index (κ3) is 2.16. The lowest BCUT2D eigenvalue weighted by Gasteiger charge is -2.11. The lowest BCUT2D eigenvalue weighted by molar-refractivity contribution is 0.394. The van der Waals surface area contributed by atoms with E-state index in [4.69, 9.17) is 9.47 Å². The van der Waals surface area contributed by atoms with Crippen LogP contribution in [-0.4, -0.2) is 23.8 Å². The number of nitrogens with one attached hydrogen (secondary N) is 1. The number of nitrogens with zero attached hydrogens (tertiary/aromatic N) is 1. The van der Waals surface area contributed by atoms with Crippen molar-refractivity contribution in [2.75, 3.05) is 14.2 Å². The minimum atomic E-state index is -0.0476. The summed E-state index contributed by atoms with van der Waals surface area (Å²) in [5.41, 5.74) is 2.43. The Morgan fingerprint density at radius 3 is 2.38 bits per heavy atom. The molecule has 0 amide bonds. The second kappa shape index (κ2) is 5.01. The van der Waals surface area contributed by atoms with Crippen LogP contribution in [0.5, 0.6) is 11.5 Å². The van der Waals surface area contributed by atoms with Crippen molar-refractivity contribution in [3.8, 4) is 22.6 Å². The van der Waals surface area contributed by atoms with E-state index in [-0.39, 0.29) is 5.56 Å². The molecule has 21 heavy (non-hydrogen) atoms. The van der Waals surface area contributed by atoms with Gasteiger partial charge in [-0.1, -0.05) is 0 Å². The highest BCUT2D eigenvalue weighted by molar-refractivity contribution is 5.94. The van der Waals surface area contributed by atoms with Gasteiger partial charge in [0.15, 0.2) is 0 Å². The lowest BCUT2D eigenvalue weighted by atomic mass is 10.0. The van der Waals surface area contributed by atoms with E-state index in [0.29, 0.717) is 17.0 Å². The number of methoxy groups -OCH3 is 2. The molecule has 5 heteroatoms. The van der Waals surface area contributed by atoms with Crippen LogP contribution in [0.4, 0.5) is 0 Å². The van der Waals surface area contributed by atoms with Crippen LogP contribution in [0.2, 0.25) is 0 Å². The van der Waals surface area contributed by atoms with E-state index in [1.54, 1.807) is 32.0 Å². The Bertz CT molecular complexity index is 839. The van der Waals surface area contributed by atoms with Gasteiger partial charge in [-0.2, -0.15) is 0 Å². The molecule has 3 rings (SSSR count). The van der Waals surface area contributed by atoms with E-state index in [0.717, 1.165) is 16.5 Å². The zero-order valence-electron chi connectivity index (χ0n) is 12.1. The van der Waals surface area contributed by atoms with Crippen molar-refractivity contribution in [2.45, 2.75) is 0 Å². The molecule has 0 saturated carbocycles. The average molecular weight is 284 g/mol. The van der Waals surface area contributed by atoms with E-state index in [1.165, 1.54) is 0 Å². The van der Waals surface area contributed by atoms with Crippen molar-refractivity contribution in [1.29, 1.82) is 0 Å². The SMILES string of the molecule is COc1cc(OC)cc(-c2cn(C)c(=O)c3[nH]ccc23)c1. The normalized spacial score (nSPS) is 10.8. The summed E-state index contributed by atoms with van der Waals surface area (Å²) in [4.78, 5) is 15.1. The molecule has 1 N–H and O–H groups in total. The first-order valence-electron chi connectivity index (χ1n) is 6.54. The average Bonchev–Trinajstić information content (AvgIpc) is 3.00. The van der Waals surface area contributed by atoms with Crippen LogP contribution in [0.3, 0.4) is 0 Å². The van der Waals surface area contributed by atoms with Crippen molar-refractivity contribution in [2.24, 2.45) is 7.05 Å². The van der Waals surface area contributed by atoms with Gasteiger partial charge in [-0.3, -0.25) is 4.79 Å². The Kier molecular flexibility index (Phi) is 3.17. The predicted molar refractivity (Wildman–Crippen MR) is 82.1 cm³/mol. The molecule has 1 aromatic carbocycles. The first kappa shape index (κ1) is 13.3. The molecule has 2 heterocycles. The molecule has 108 valence electrons. The molecule has 3 aromatic rings. The molecule has 0 fully saturated rings. The molecule has 0 aliphatic heterocycles. The van der Waals surface area contributed by atoms with E-state index < -0.39 is 0 Å². The smallest absolute Gasteiger partial charge is 0.274 e. The standard InChI is InChI=1S/C16H16N2O3/c1-18-9-14(13-4-5-17-15(13)16(18)19)10-6-11(20-2)8-12(7-10)21-3/h4-9,17H,1-3H3. The number of fused-ring (bicyclic) bond motifs is 1. The molecule has 0 aliphatic carbocycles. The number of aromatic amines is 1. The fraction of sp³-hybridized carbons (Fsp3) is 0.188. The predicted octanol–water partition coefficient (Wildman–Crippen LogP) is 2.55. The monoisotopic (exact) mass is 284 g/mol. The summed E-state index contributed by atoms with van der Waals surface area (Å²) in [6.45, 7) is 0. The van der Waals surface area contributed by atoms with Crippen molar-refractivity contribution in [3.63, 3.8) is 0 Å². The molecule has 0 saturated heterocycles. The van der Waals surface area contributed by atoms with Crippen LogP contribution in [-0.2, 0) is 7.05 Å². The van der Waals surface area contributed by atoms with Crippen LogP contribution in [0.15, 0.2) is 41.5 Å². The second-order valence-electron chi connectivity index (χ2n) is 4.83. The van der Waals surface area contributed by atoms with E-state index in [9.17, 15) is 4.79 Å². The Morgan fingerprint density at radius 2 is 1.76 bits per heavy atom. The minimum absolute atomic E-state index is 0.0476. The van der Waals surface area contributed by atoms with Crippen LogP contribution < -0.4 is 15.0 Å². The maximum absolute atomic E-state index is 12.1. The van der Waals surface area contributed by atoms with E-state index in [1.807, 2.05) is 30.5 Å². The Hall–Kier alpha value is -2.69. The Labute approximate surface area is 121 Å². The van der Waals surface area contributed by atoms with E-state index in [2.05, 4.69) is 4.98 Å². The Balaban J connectivity index is 2.32. The number of ether oxygens (including phenoxy) is 2. The maximum Gasteiger partial charge on any atom is 0.274 e. The highest BCUT2D eigenvalue weighted by Gasteiger charge is 2.12. The van der Waals surface area contributed by atoms with Gasteiger partial charge in [0.05, 0.1) is 14.2 Å². The van der Waals surface area contributed by atoms with Crippen LogP contribution in [0.25, 0.3) is 22.0 Å². The topological polar surface area (TPSA) is 56.2 Å². The summed E-state index contributed by atoms with van der Waals surface area (Å²) < 4.78 is 12.2. The number of hydrogen-bond donors (Lipinski definition) is 1. The van der Waals surface area contributed by atoms with Crippen LogP contribution >= 0.6 is 0 Å². The van der Waals surface area contributed by atoms with Gasteiger partial charge in [0.2, 0.25) is 0 Å². The minimum Gasteiger partial charge on any atom is -0.497 e. The zero-order valence-corrected chi connectivity index (χ0v) is 12.1. The van der Waals surface area contributed by atoms with Gasteiger partial charge >= 0.3 is 0 Å². The first-order valence-corrected chi connectivity index (χ1v) is 6.54. The van der Waals surface area contributed by atoms with E-state index >= 15 is 0 Å². The van der Waals surface area contributed by atoms with Crippen molar-refractivity contribution < 1.29 is 9.47 Å². The number of H-pyrrole nitrogens is 1. The quantitative estimate of drug-likeness (QED) is 0.804. The number of rotatable bonds is 3. The summed E-state index contributed by atoms with van der Waals surface area (Å²) in [6, 6.07) is 7.57. The molecular formula is C16H16N2O3. The largest absolute Gasteiger partial charge is 0.497 e. The molecular weight excluding hydrogens is 268 g/mol. The molecule has 0 aliphatic rings. The summed E-state index contributed by atoms with van der Waals surface area (Å²) >= 11 is 0. The number of aromatic nitrogens is 2. The highest BCUT2D eigenvalue weighted by atomic mass is 16.5. The van der Waals surface area contributed by atoms with Gasteiger partial charge in [0.1, 0.15) is 17.0 Å². The molecule has 5 nitrogen and oxygen atoms in total. The summed E-state index contributed by atoms with van der Waals surface area (Å²) in [7, 11) is 4.97. The molecule has 0 unspecified atom stereocenters.